The Labute approximate surface area is 336 Å². The molecule has 2 aromatic carbocycles. The zero-order valence-corrected chi connectivity index (χ0v) is 33.2. The highest BCUT2D eigenvalue weighted by atomic mass is 35.5. The fraction of sp³-hybridized carbons (Fsp3) is 0.452. The number of nitrogens with zero attached hydrogens (tertiary/aromatic N) is 4. The van der Waals surface area contributed by atoms with Crippen molar-refractivity contribution in [3.8, 4) is 28.1 Å². The average molecular weight is 801 g/mol. The Morgan fingerprint density at radius 3 is 2.61 bits per heavy atom. The third-order valence-electron chi connectivity index (χ3n) is 12.7. The van der Waals surface area contributed by atoms with E-state index >= 15 is 0 Å². The van der Waals surface area contributed by atoms with Crippen LogP contribution in [-0.4, -0.2) is 75.1 Å². The highest BCUT2D eigenvalue weighted by Crippen LogP contribution is 2.63. The van der Waals surface area contributed by atoms with Gasteiger partial charge in [0, 0.05) is 80.6 Å². The largest absolute Gasteiger partial charge is 0.496 e. The second-order valence-electron chi connectivity index (χ2n) is 16.0. The number of halogens is 2. The number of ether oxygens (including phenoxy) is 1. The van der Waals surface area contributed by atoms with Gasteiger partial charge in [-0.3, -0.25) is 24.3 Å². The lowest BCUT2D eigenvalue weighted by Gasteiger charge is -2.32. The molecule has 294 valence electrons. The number of methoxy groups -OCH3 is 1. The molecule has 2 aliphatic carbocycles. The maximum atomic E-state index is 13.8. The molecule has 8 rings (SSSR count). The highest BCUT2D eigenvalue weighted by Gasteiger charge is 2.57. The summed E-state index contributed by atoms with van der Waals surface area (Å²) >= 11 is 14.1. The van der Waals surface area contributed by atoms with Crippen LogP contribution in [0.15, 0.2) is 48.7 Å². The first-order chi connectivity index (χ1) is 27.0. The van der Waals surface area contributed by atoms with E-state index in [-0.39, 0.29) is 23.3 Å². The van der Waals surface area contributed by atoms with E-state index in [1.54, 1.807) is 25.4 Å². The van der Waals surface area contributed by atoms with E-state index in [0.717, 1.165) is 87.0 Å². The Bertz CT molecular complexity index is 2200. The summed E-state index contributed by atoms with van der Waals surface area (Å²) in [6, 6.07) is 13.2. The molecule has 4 aliphatic rings. The van der Waals surface area contributed by atoms with Crippen LogP contribution in [-0.2, 0) is 36.1 Å². The first-order valence-electron chi connectivity index (χ1n) is 19.4. The van der Waals surface area contributed by atoms with Crippen LogP contribution in [0, 0.1) is 10.8 Å². The fourth-order valence-electron chi connectivity index (χ4n) is 9.41. The molecule has 1 unspecified atom stereocenters. The van der Waals surface area contributed by atoms with Gasteiger partial charge in [-0.2, -0.15) is 0 Å². The number of carbonyl (C=O) groups is 3. The molecule has 4 heterocycles. The summed E-state index contributed by atoms with van der Waals surface area (Å²) in [4.78, 5) is 49.0. The van der Waals surface area contributed by atoms with Crippen molar-refractivity contribution >= 4 is 46.7 Å². The number of carbonyl (C=O) groups excluding carboxylic acids is 2. The Hall–Kier alpha value is -4.49. The Morgan fingerprint density at radius 1 is 1.07 bits per heavy atom. The molecule has 2 aromatic heterocycles. The minimum Gasteiger partial charge on any atom is -0.496 e. The summed E-state index contributed by atoms with van der Waals surface area (Å²) in [5.74, 6) is 0.115. The van der Waals surface area contributed by atoms with Crippen molar-refractivity contribution in [3.63, 3.8) is 0 Å². The van der Waals surface area contributed by atoms with Crippen LogP contribution >= 0.6 is 23.2 Å². The van der Waals surface area contributed by atoms with Crippen molar-refractivity contribution in [2.24, 2.45) is 17.9 Å². The van der Waals surface area contributed by atoms with Crippen LogP contribution < -0.4 is 20.7 Å². The first-order valence-corrected chi connectivity index (χ1v) is 20.2. The second kappa shape index (κ2) is 15.5. The summed E-state index contributed by atoms with van der Waals surface area (Å²) in [6.07, 6.45) is 9.22. The average Bonchev–Trinajstić information content (AvgIpc) is 3.98. The summed E-state index contributed by atoms with van der Waals surface area (Å²) < 4.78 is 7.61. The van der Waals surface area contributed by atoms with E-state index in [9.17, 15) is 19.5 Å². The number of anilines is 1. The molecule has 2 aliphatic heterocycles. The predicted octanol–water partition coefficient (Wildman–Crippen LogP) is 6.87. The van der Waals surface area contributed by atoms with Crippen LogP contribution in [0.5, 0.6) is 5.75 Å². The van der Waals surface area contributed by atoms with Gasteiger partial charge in [-0.25, -0.2) is 4.98 Å². The van der Waals surface area contributed by atoms with E-state index in [1.807, 2.05) is 41.9 Å². The molecule has 2 saturated carbocycles. The lowest BCUT2D eigenvalue weighted by molar-refractivity contribution is -0.148. The van der Waals surface area contributed by atoms with Crippen LogP contribution in [0.4, 0.5) is 5.69 Å². The maximum Gasteiger partial charge on any atom is 0.309 e. The normalized spacial score (nSPS) is 22.9. The van der Waals surface area contributed by atoms with Crippen molar-refractivity contribution in [3.05, 3.63) is 81.5 Å². The third-order valence-corrected chi connectivity index (χ3v) is 13.5. The smallest absolute Gasteiger partial charge is 0.309 e. The summed E-state index contributed by atoms with van der Waals surface area (Å²) in [6.45, 7) is 3.70. The van der Waals surface area contributed by atoms with Crippen LogP contribution in [0.1, 0.15) is 78.9 Å². The second-order valence-corrected chi connectivity index (χ2v) is 16.8. The Morgan fingerprint density at radius 2 is 1.88 bits per heavy atom. The molecule has 1 atom stereocenters. The number of fused-ring (bicyclic) bond motifs is 3. The van der Waals surface area contributed by atoms with Gasteiger partial charge in [-0.1, -0.05) is 47.5 Å². The van der Waals surface area contributed by atoms with Gasteiger partial charge in [-0.05, 0) is 75.1 Å². The van der Waals surface area contributed by atoms with E-state index < -0.39 is 11.4 Å². The molecule has 4 N–H and O–H groups in total. The number of benzene rings is 2. The zero-order valence-electron chi connectivity index (χ0n) is 31.7. The summed E-state index contributed by atoms with van der Waals surface area (Å²) in [5.41, 5.74) is 5.63. The minimum absolute atomic E-state index is 0.0935. The molecule has 0 radical (unpaired) electrons. The lowest BCUT2D eigenvalue weighted by Crippen LogP contribution is -2.35. The van der Waals surface area contributed by atoms with Crippen molar-refractivity contribution in [2.75, 3.05) is 32.1 Å². The van der Waals surface area contributed by atoms with Crippen molar-refractivity contribution in [2.45, 2.75) is 76.9 Å². The number of hydrogen-bond donors (Lipinski definition) is 4. The number of amides is 2. The Kier molecular flexibility index (Phi) is 10.6. The van der Waals surface area contributed by atoms with E-state index in [2.05, 4.69) is 25.8 Å². The highest BCUT2D eigenvalue weighted by molar-refractivity contribution is 6.39. The van der Waals surface area contributed by atoms with Crippen molar-refractivity contribution in [1.29, 1.82) is 0 Å². The molecule has 3 fully saturated rings. The Balaban J connectivity index is 0.941. The van der Waals surface area contributed by atoms with E-state index in [4.69, 9.17) is 32.9 Å². The first kappa shape index (κ1) is 38.4. The van der Waals surface area contributed by atoms with Gasteiger partial charge in [0.15, 0.2) is 5.82 Å². The number of aliphatic carboxylic acids is 1. The van der Waals surface area contributed by atoms with E-state index in [0.29, 0.717) is 70.2 Å². The molecule has 1 saturated heterocycles. The van der Waals surface area contributed by atoms with Gasteiger partial charge >= 0.3 is 5.97 Å². The molecule has 2 amide bonds. The molecule has 56 heavy (non-hydrogen) atoms. The summed E-state index contributed by atoms with van der Waals surface area (Å²) in [7, 11) is 3.50. The summed E-state index contributed by atoms with van der Waals surface area (Å²) in [5, 5.41) is 20.0. The topological polar surface area (TPSA) is 151 Å². The SMILES string of the molecule is COc1cc(-c2nccc(-c3cccc(NC(=O)c4nc5c(n4C)CN(CCC46CCC(C(=O)O)(CC4)C6)CC5)c3Cl)c2Cl)ccc1CNCC1CCC(=O)N1. The monoisotopic (exact) mass is 799 g/mol. The predicted molar refractivity (Wildman–Crippen MR) is 215 cm³/mol. The molecule has 12 nitrogen and oxygen atoms in total. The molecular formula is C42H47Cl2N7O5. The number of carboxylic acids is 1. The number of hydrogen-bond acceptors (Lipinski definition) is 8. The fourth-order valence-corrected chi connectivity index (χ4v) is 10.0. The van der Waals surface area contributed by atoms with Crippen LogP contribution in [0.25, 0.3) is 22.4 Å². The molecule has 0 spiro atoms. The maximum absolute atomic E-state index is 13.8. The van der Waals surface area contributed by atoms with Crippen molar-refractivity contribution < 1.29 is 24.2 Å². The number of imidazole rings is 1. The van der Waals surface area contributed by atoms with Crippen LogP contribution in [0.2, 0.25) is 10.0 Å². The molecule has 2 bridgehead atoms. The van der Waals surface area contributed by atoms with Gasteiger partial charge < -0.3 is 30.4 Å². The van der Waals surface area contributed by atoms with Crippen molar-refractivity contribution in [1.82, 2.24) is 30.1 Å². The molecule has 4 aromatic rings. The third kappa shape index (κ3) is 7.28. The lowest BCUT2D eigenvalue weighted by atomic mass is 9.80. The van der Waals surface area contributed by atoms with Gasteiger partial charge in [0.05, 0.1) is 45.3 Å². The number of aromatic nitrogens is 3. The van der Waals surface area contributed by atoms with Gasteiger partial charge in [0.1, 0.15) is 5.75 Å². The molecule has 14 heteroatoms. The van der Waals surface area contributed by atoms with Gasteiger partial charge in [0.25, 0.3) is 5.91 Å². The standard InChI is InChI=1S/C42H47Cl2N7O5/c1-50-32-23-51(19-16-41-12-14-42(24-41,15-13-41)40(54)55)18-11-30(32)48-38(50)39(53)49-31-5-3-4-28(35(31)43)29-10-17-46-37(36(29)44)25-6-7-26(33(20-25)56-2)21-45-22-27-8-9-34(52)47-27/h3-7,10,17,20,27,45H,8-9,11-16,18-19,21-24H2,1-2H3,(H,47,52)(H,49,53)(H,54,55). The molecular weight excluding hydrogens is 753 g/mol. The quantitative estimate of drug-likeness (QED) is 0.114. The minimum atomic E-state index is -0.624. The van der Waals surface area contributed by atoms with Gasteiger partial charge in [-0.15, -0.1) is 0 Å². The zero-order chi connectivity index (χ0) is 39.2. The number of pyridine rings is 1. The number of rotatable bonds is 13. The number of nitrogens with one attached hydrogen (secondary N) is 3. The van der Waals surface area contributed by atoms with Gasteiger partial charge in [0.2, 0.25) is 5.91 Å². The number of carboxylic acid groups (broad SMARTS) is 1. The van der Waals surface area contributed by atoms with E-state index in [1.165, 1.54) is 0 Å². The van der Waals surface area contributed by atoms with Crippen LogP contribution in [0.3, 0.4) is 0 Å².